The third-order valence-electron chi connectivity index (χ3n) is 1.52. The van der Waals surface area contributed by atoms with E-state index >= 15 is 0 Å². The van der Waals surface area contributed by atoms with Gasteiger partial charge >= 0.3 is 6.03 Å². The Labute approximate surface area is 71.5 Å². The van der Waals surface area contributed by atoms with E-state index in [1.165, 1.54) is 0 Å². The average molecular weight is 192 g/mol. The van der Waals surface area contributed by atoms with Gasteiger partial charge in [-0.15, -0.1) is 0 Å². The van der Waals surface area contributed by atoms with E-state index in [9.17, 15) is 23.2 Å². The van der Waals surface area contributed by atoms with Crippen LogP contribution in [0.25, 0.3) is 0 Å². The van der Waals surface area contributed by atoms with Crippen LogP contribution in [-0.4, -0.2) is 24.3 Å². The first-order chi connectivity index (χ1) is 6.00. The van der Waals surface area contributed by atoms with Crippen LogP contribution in [-0.2, 0) is 9.59 Å². The van der Waals surface area contributed by atoms with Gasteiger partial charge < -0.3 is 0 Å². The molecule has 1 rings (SSSR count). The summed E-state index contributed by atoms with van der Waals surface area (Å²) in [5.74, 6) is -3.43. The van der Waals surface area contributed by atoms with E-state index in [-0.39, 0.29) is 0 Å². The van der Waals surface area contributed by atoms with Crippen molar-refractivity contribution >= 4 is 17.8 Å². The van der Waals surface area contributed by atoms with Crippen LogP contribution in [0, 0.1) is 5.92 Å². The highest BCUT2D eigenvalue weighted by Crippen LogP contribution is 2.13. The SMILES string of the molecule is O=C1NC(=O)C(CC(F)F)C(=O)N1. The maximum Gasteiger partial charge on any atom is 0.328 e. The fourth-order valence-corrected chi connectivity index (χ4v) is 0.941. The van der Waals surface area contributed by atoms with E-state index in [4.69, 9.17) is 0 Å². The molecule has 0 aromatic heterocycles. The molecule has 5 nitrogen and oxygen atoms in total. The monoisotopic (exact) mass is 192 g/mol. The highest BCUT2D eigenvalue weighted by Gasteiger charge is 2.35. The standard InChI is InChI=1S/C6H6F2N2O3/c7-3(8)1-2-4(11)9-6(13)10-5(2)12/h2-3H,1H2,(H2,9,10,11,12,13). The molecule has 0 aromatic rings. The molecule has 0 saturated carbocycles. The maximum atomic E-state index is 11.8. The number of carbonyl (C=O) groups is 3. The Hall–Kier alpha value is -1.53. The molecule has 0 aliphatic carbocycles. The largest absolute Gasteiger partial charge is 0.328 e. The summed E-state index contributed by atoms with van der Waals surface area (Å²) in [5.41, 5.74) is 0. The summed E-state index contributed by atoms with van der Waals surface area (Å²) in [4.78, 5) is 32.1. The molecule has 2 N–H and O–H groups in total. The van der Waals surface area contributed by atoms with Crippen LogP contribution in [0.2, 0.25) is 0 Å². The van der Waals surface area contributed by atoms with Gasteiger partial charge in [0.2, 0.25) is 18.2 Å². The van der Waals surface area contributed by atoms with Gasteiger partial charge in [0, 0.05) is 6.42 Å². The lowest BCUT2D eigenvalue weighted by Gasteiger charge is -2.19. The van der Waals surface area contributed by atoms with Gasteiger partial charge in [-0.1, -0.05) is 0 Å². The number of urea groups is 1. The third kappa shape index (κ3) is 2.20. The van der Waals surface area contributed by atoms with Gasteiger partial charge in [-0.25, -0.2) is 13.6 Å². The summed E-state index contributed by atoms with van der Waals surface area (Å²) in [7, 11) is 0. The predicted molar refractivity (Wildman–Crippen MR) is 35.8 cm³/mol. The number of amides is 4. The molecular formula is C6H6F2N2O3. The minimum Gasteiger partial charge on any atom is -0.277 e. The molecule has 4 amide bonds. The average Bonchev–Trinajstić information content (AvgIpc) is 1.96. The minimum absolute atomic E-state index is 0.870. The molecule has 0 atom stereocenters. The molecule has 1 aliphatic heterocycles. The van der Waals surface area contributed by atoms with Crippen LogP contribution >= 0.6 is 0 Å². The Morgan fingerprint density at radius 1 is 1.15 bits per heavy atom. The molecule has 0 aromatic carbocycles. The molecule has 13 heavy (non-hydrogen) atoms. The zero-order valence-electron chi connectivity index (χ0n) is 6.34. The molecule has 0 spiro atoms. The van der Waals surface area contributed by atoms with Gasteiger partial charge in [0.1, 0.15) is 5.92 Å². The molecule has 1 heterocycles. The maximum absolute atomic E-state index is 11.8. The van der Waals surface area contributed by atoms with Crippen molar-refractivity contribution in [1.82, 2.24) is 10.6 Å². The Morgan fingerprint density at radius 2 is 1.62 bits per heavy atom. The van der Waals surface area contributed by atoms with Crippen molar-refractivity contribution in [3.8, 4) is 0 Å². The van der Waals surface area contributed by atoms with Crippen LogP contribution in [0.3, 0.4) is 0 Å². The highest BCUT2D eigenvalue weighted by molar-refractivity contribution is 6.16. The number of hydrogen-bond donors (Lipinski definition) is 2. The molecule has 72 valence electrons. The van der Waals surface area contributed by atoms with Gasteiger partial charge in [-0.2, -0.15) is 0 Å². The molecule has 7 heteroatoms. The molecule has 1 saturated heterocycles. The Kier molecular flexibility index (Phi) is 2.54. The van der Waals surface area contributed by atoms with Crippen LogP contribution in [0.4, 0.5) is 13.6 Å². The van der Waals surface area contributed by atoms with Gasteiger partial charge in [-0.05, 0) is 0 Å². The van der Waals surface area contributed by atoms with Crippen molar-refractivity contribution < 1.29 is 23.2 Å². The van der Waals surface area contributed by atoms with Crippen molar-refractivity contribution in [3.05, 3.63) is 0 Å². The number of nitrogens with one attached hydrogen (secondary N) is 2. The number of carbonyl (C=O) groups excluding carboxylic acids is 3. The Bertz CT molecular complexity index is 247. The van der Waals surface area contributed by atoms with E-state index in [1.807, 2.05) is 0 Å². The van der Waals surface area contributed by atoms with Crippen molar-refractivity contribution in [2.45, 2.75) is 12.8 Å². The van der Waals surface area contributed by atoms with Crippen molar-refractivity contribution in [1.29, 1.82) is 0 Å². The summed E-state index contributed by atoms with van der Waals surface area (Å²) in [6, 6.07) is -0.972. The zero-order valence-corrected chi connectivity index (χ0v) is 6.34. The number of alkyl halides is 2. The first-order valence-electron chi connectivity index (χ1n) is 3.44. The minimum atomic E-state index is -2.75. The van der Waals surface area contributed by atoms with Crippen molar-refractivity contribution in [2.75, 3.05) is 0 Å². The Balaban J connectivity index is 2.67. The normalized spacial score (nSPS) is 18.8. The summed E-state index contributed by atoms with van der Waals surface area (Å²) < 4.78 is 23.6. The van der Waals surface area contributed by atoms with E-state index in [2.05, 4.69) is 0 Å². The number of rotatable bonds is 2. The van der Waals surface area contributed by atoms with E-state index < -0.39 is 36.6 Å². The zero-order chi connectivity index (χ0) is 10.0. The molecule has 0 unspecified atom stereocenters. The number of imide groups is 2. The quantitative estimate of drug-likeness (QED) is 0.586. The second kappa shape index (κ2) is 3.46. The van der Waals surface area contributed by atoms with Gasteiger partial charge in [0.05, 0.1) is 0 Å². The second-order valence-corrected chi connectivity index (χ2v) is 2.49. The summed E-state index contributed by atoms with van der Waals surface area (Å²) in [5, 5.41) is 3.44. The fourth-order valence-electron chi connectivity index (χ4n) is 0.941. The lowest BCUT2D eigenvalue weighted by atomic mass is 10.0. The number of barbiturate groups is 1. The molecule has 0 bridgehead atoms. The molecule has 1 fully saturated rings. The number of halogens is 2. The molecule has 1 aliphatic rings. The van der Waals surface area contributed by atoms with Gasteiger partial charge in [0.15, 0.2) is 0 Å². The highest BCUT2D eigenvalue weighted by atomic mass is 19.3. The van der Waals surface area contributed by atoms with Gasteiger partial charge in [0.25, 0.3) is 0 Å². The summed E-state index contributed by atoms with van der Waals surface area (Å²) in [6.45, 7) is 0. The summed E-state index contributed by atoms with van der Waals surface area (Å²) in [6.07, 6.45) is -3.62. The van der Waals surface area contributed by atoms with Crippen LogP contribution in [0.5, 0.6) is 0 Å². The summed E-state index contributed by atoms with van der Waals surface area (Å²) >= 11 is 0. The van der Waals surface area contributed by atoms with Crippen LogP contribution in [0.15, 0.2) is 0 Å². The van der Waals surface area contributed by atoms with Crippen LogP contribution in [0.1, 0.15) is 6.42 Å². The Morgan fingerprint density at radius 3 is 2.00 bits per heavy atom. The predicted octanol–water partition coefficient (Wildman–Crippen LogP) is -0.376. The lowest BCUT2D eigenvalue weighted by Crippen LogP contribution is -2.56. The fraction of sp³-hybridized carbons (Fsp3) is 0.500. The van der Waals surface area contributed by atoms with Crippen molar-refractivity contribution in [3.63, 3.8) is 0 Å². The number of hydrogen-bond acceptors (Lipinski definition) is 3. The molecular weight excluding hydrogens is 186 g/mol. The lowest BCUT2D eigenvalue weighted by molar-refractivity contribution is -0.137. The first kappa shape index (κ1) is 9.56. The van der Waals surface area contributed by atoms with E-state index in [0.717, 1.165) is 0 Å². The van der Waals surface area contributed by atoms with Gasteiger partial charge in [-0.3, -0.25) is 20.2 Å². The third-order valence-corrected chi connectivity index (χ3v) is 1.52. The van der Waals surface area contributed by atoms with E-state index in [0.29, 0.717) is 0 Å². The van der Waals surface area contributed by atoms with Crippen LogP contribution < -0.4 is 10.6 Å². The first-order valence-corrected chi connectivity index (χ1v) is 3.44. The van der Waals surface area contributed by atoms with Crippen molar-refractivity contribution in [2.24, 2.45) is 5.92 Å². The second-order valence-electron chi connectivity index (χ2n) is 2.49. The topological polar surface area (TPSA) is 75.3 Å². The smallest absolute Gasteiger partial charge is 0.277 e. The van der Waals surface area contributed by atoms with E-state index in [1.54, 1.807) is 10.6 Å². The molecule has 0 radical (unpaired) electrons.